The maximum absolute atomic E-state index is 12.1. The third kappa shape index (κ3) is 7.74. The van der Waals surface area contributed by atoms with Crippen molar-refractivity contribution in [3.05, 3.63) is 76.3 Å². The Morgan fingerprint density at radius 3 is 2.43 bits per heavy atom. The fraction of sp³-hybridized carbons (Fsp3) is 0.324. The SMILES string of the molecule is COc1nc(-c2cccc(-c3ccnc(-c4cc(OC)c5nc(CNC[C@@H]6CCC(=O)N6)nn5c4)c3Cl)c2Cl)ccc1CN(C[C@@H]1CCC(=O)N1)C(=O)O. The van der Waals surface area contributed by atoms with E-state index in [9.17, 15) is 19.5 Å². The van der Waals surface area contributed by atoms with E-state index in [0.717, 1.165) is 6.42 Å². The Morgan fingerprint density at radius 1 is 0.981 bits per heavy atom. The number of nitrogens with one attached hydrogen (secondary N) is 3. The predicted octanol–water partition coefficient (Wildman–Crippen LogP) is 4.97. The van der Waals surface area contributed by atoms with E-state index in [-0.39, 0.29) is 42.9 Å². The quantitative estimate of drug-likeness (QED) is 0.127. The van der Waals surface area contributed by atoms with Crippen LogP contribution in [-0.4, -0.2) is 91.9 Å². The van der Waals surface area contributed by atoms with Crippen molar-refractivity contribution in [3.63, 3.8) is 0 Å². The molecule has 5 aromatic rings. The summed E-state index contributed by atoms with van der Waals surface area (Å²) in [6, 6.07) is 12.5. The summed E-state index contributed by atoms with van der Waals surface area (Å²) in [5, 5.41) is 24.3. The van der Waals surface area contributed by atoms with Gasteiger partial charge in [0.25, 0.3) is 0 Å². The lowest BCUT2D eigenvalue weighted by molar-refractivity contribution is -0.120. The molecule has 2 aliphatic rings. The molecule has 0 spiro atoms. The molecule has 0 aliphatic carbocycles. The number of hydrogen-bond donors (Lipinski definition) is 4. The smallest absolute Gasteiger partial charge is 0.407 e. The molecule has 2 aliphatic heterocycles. The first kappa shape index (κ1) is 36.8. The minimum atomic E-state index is -1.11. The Balaban J connectivity index is 1.14. The van der Waals surface area contributed by atoms with E-state index in [1.807, 2.05) is 18.2 Å². The Bertz CT molecular complexity index is 2250. The van der Waals surface area contributed by atoms with Gasteiger partial charge in [-0.2, -0.15) is 0 Å². The molecule has 17 heteroatoms. The number of fused-ring (bicyclic) bond motifs is 1. The summed E-state index contributed by atoms with van der Waals surface area (Å²) in [6.45, 7) is 1.19. The van der Waals surface area contributed by atoms with Gasteiger partial charge in [0.2, 0.25) is 17.7 Å². The summed E-state index contributed by atoms with van der Waals surface area (Å²) in [5.74, 6) is 1.27. The average molecular weight is 775 g/mol. The molecule has 4 aromatic heterocycles. The van der Waals surface area contributed by atoms with Crippen LogP contribution in [0.3, 0.4) is 0 Å². The average Bonchev–Trinajstić information content (AvgIpc) is 3.90. The predicted molar refractivity (Wildman–Crippen MR) is 200 cm³/mol. The number of aromatic nitrogens is 5. The van der Waals surface area contributed by atoms with Crippen molar-refractivity contribution in [2.24, 2.45) is 0 Å². The number of carbonyl (C=O) groups is 3. The van der Waals surface area contributed by atoms with Crippen LogP contribution in [0.2, 0.25) is 10.0 Å². The monoisotopic (exact) mass is 773 g/mol. The molecule has 15 nitrogen and oxygen atoms in total. The van der Waals surface area contributed by atoms with Gasteiger partial charge in [-0.25, -0.2) is 19.3 Å². The van der Waals surface area contributed by atoms with Crippen molar-refractivity contribution in [3.8, 4) is 45.3 Å². The summed E-state index contributed by atoms with van der Waals surface area (Å²) < 4.78 is 12.9. The van der Waals surface area contributed by atoms with E-state index >= 15 is 0 Å². The van der Waals surface area contributed by atoms with Gasteiger partial charge in [-0.05, 0) is 37.1 Å². The van der Waals surface area contributed by atoms with Gasteiger partial charge >= 0.3 is 6.09 Å². The summed E-state index contributed by atoms with van der Waals surface area (Å²) in [4.78, 5) is 50.5. The van der Waals surface area contributed by atoms with Crippen molar-refractivity contribution < 1.29 is 29.0 Å². The number of halogens is 2. The van der Waals surface area contributed by atoms with Crippen molar-refractivity contribution in [1.29, 1.82) is 0 Å². The van der Waals surface area contributed by atoms with Crippen LogP contribution in [0.1, 0.15) is 37.1 Å². The van der Waals surface area contributed by atoms with Crippen LogP contribution in [0.15, 0.2) is 54.9 Å². The summed E-state index contributed by atoms with van der Waals surface area (Å²) >= 11 is 14.2. The molecule has 0 bridgehead atoms. The fourth-order valence-corrected chi connectivity index (χ4v) is 7.39. The molecule has 6 heterocycles. The Morgan fingerprint density at radius 2 is 1.72 bits per heavy atom. The van der Waals surface area contributed by atoms with Crippen LogP contribution in [-0.2, 0) is 22.7 Å². The van der Waals surface area contributed by atoms with E-state index in [4.69, 9.17) is 37.7 Å². The highest BCUT2D eigenvalue weighted by Gasteiger charge is 2.27. The van der Waals surface area contributed by atoms with Gasteiger partial charge in [-0.15, -0.1) is 5.10 Å². The van der Waals surface area contributed by atoms with Gasteiger partial charge in [-0.3, -0.25) is 14.6 Å². The molecular formula is C37H37Cl2N9O6. The van der Waals surface area contributed by atoms with Crippen LogP contribution in [0.25, 0.3) is 39.3 Å². The Labute approximate surface area is 320 Å². The zero-order chi connectivity index (χ0) is 37.9. The largest absolute Gasteiger partial charge is 0.493 e. The number of amides is 3. The first-order valence-electron chi connectivity index (χ1n) is 17.3. The molecule has 7 rings (SSSR count). The Kier molecular flexibility index (Phi) is 10.8. The molecule has 4 N–H and O–H groups in total. The molecule has 280 valence electrons. The minimum Gasteiger partial charge on any atom is -0.493 e. The standard InChI is InChI=1S/C37H37Cl2N9O6/c1-53-28-14-21(18-48-35(28)45-29(46-48)16-40-15-22-7-10-30(49)42-22)34-33(39)25(12-13-41-34)24-4-3-5-26(32(24)38)27-9-6-20(36(44-27)54-2)17-47(37(51)52)19-23-8-11-31(50)43-23/h3-6,9,12-14,18,22-23,40H,7-8,10-11,15-17,19H2,1-2H3,(H,42,49)(H,43,50)(H,51,52)/t22-,23-/m0/s1. The second-order valence-corrected chi connectivity index (χ2v) is 13.8. The van der Waals surface area contributed by atoms with E-state index in [2.05, 4.69) is 31.0 Å². The zero-order valence-electron chi connectivity index (χ0n) is 29.4. The number of carbonyl (C=O) groups excluding carboxylic acids is 2. The molecule has 2 fully saturated rings. The number of benzene rings is 1. The van der Waals surface area contributed by atoms with Crippen molar-refractivity contribution in [2.75, 3.05) is 27.3 Å². The van der Waals surface area contributed by atoms with Crippen LogP contribution in [0, 0.1) is 0 Å². The van der Waals surface area contributed by atoms with Crippen molar-refractivity contribution in [1.82, 2.24) is 45.4 Å². The molecule has 0 unspecified atom stereocenters. The molecule has 3 amide bonds. The van der Waals surface area contributed by atoms with Gasteiger partial charge in [0, 0.05) is 78.2 Å². The van der Waals surface area contributed by atoms with Crippen molar-refractivity contribution >= 4 is 46.8 Å². The normalized spacial score (nSPS) is 16.7. The second-order valence-electron chi connectivity index (χ2n) is 13.0. The number of carboxylic acid groups (broad SMARTS) is 1. The van der Waals surface area contributed by atoms with Gasteiger partial charge in [0.1, 0.15) is 0 Å². The number of hydrogen-bond acceptors (Lipinski definition) is 10. The molecule has 0 saturated carbocycles. The number of rotatable bonds is 13. The van der Waals surface area contributed by atoms with Gasteiger partial charge < -0.3 is 35.4 Å². The molecular weight excluding hydrogens is 737 g/mol. The summed E-state index contributed by atoms with van der Waals surface area (Å²) in [5.41, 5.74) is 4.61. The maximum Gasteiger partial charge on any atom is 0.407 e. The first-order chi connectivity index (χ1) is 26.1. The lowest BCUT2D eigenvalue weighted by Crippen LogP contribution is -2.41. The van der Waals surface area contributed by atoms with E-state index in [0.29, 0.717) is 98.8 Å². The van der Waals surface area contributed by atoms with Crippen LogP contribution < -0.4 is 25.4 Å². The number of ether oxygens (including phenoxy) is 2. The second kappa shape index (κ2) is 15.8. The molecule has 2 saturated heterocycles. The highest BCUT2D eigenvalue weighted by atomic mass is 35.5. The van der Waals surface area contributed by atoms with Crippen molar-refractivity contribution in [2.45, 2.75) is 50.9 Å². The van der Waals surface area contributed by atoms with E-state index in [1.165, 1.54) is 12.0 Å². The highest BCUT2D eigenvalue weighted by Crippen LogP contribution is 2.42. The molecule has 0 radical (unpaired) electrons. The highest BCUT2D eigenvalue weighted by molar-refractivity contribution is 6.39. The Hall–Kier alpha value is -5.51. The fourth-order valence-electron chi connectivity index (χ4n) is 6.75. The zero-order valence-corrected chi connectivity index (χ0v) is 30.9. The molecule has 1 aromatic carbocycles. The molecule has 54 heavy (non-hydrogen) atoms. The maximum atomic E-state index is 12.1. The number of methoxy groups -OCH3 is 2. The van der Waals surface area contributed by atoms with E-state index in [1.54, 1.807) is 48.3 Å². The minimum absolute atomic E-state index is 0.0198. The third-order valence-corrected chi connectivity index (χ3v) is 10.2. The number of pyridine rings is 3. The lowest BCUT2D eigenvalue weighted by Gasteiger charge is -2.23. The first-order valence-corrected chi connectivity index (χ1v) is 18.1. The van der Waals surface area contributed by atoms with Gasteiger partial charge in [-0.1, -0.05) is 41.4 Å². The third-order valence-electron chi connectivity index (χ3n) is 9.44. The topological polar surface area (TPSA) is 185 Å². The van der Waals surface area contributed by atoms with Crippen LogP contribution >= 0.6 is 23.2 Å². The summed E-state index contributed by atoms with van der Waals surface area (Å²) in [6.07, 6.45) is 4.60. The van der Waals surface area contributed by atoms with Crippen LogP contribution in [0.4, 0.5) is 4.79 Å². The van der Waals surface area contributed by atoms with Crippen LogP contribution in [0.5, 0.6) is 11.6 Å². The summed E-state index contributed by atoms with van der Waals surface area (Å²) in [7, 11) is 3.02. The van der Waals surface area contributed by atoms with E-state index < -0.39 is 6.09 Å². The lowest BCUT2D eigenvalue weighted by atomic mass is 10.00. The number of nitrogens with zero attached hydrogens (tertiary/aromatic N) is 6. The van der Waals surface area contributed by atoms with Gasteiger partial charge in [0.15, 0.2) is 17.2 Å². The van der Waals surface area contributed by atoms with Gasteiger partial charge in [0.05, 0.1) is 48.7 Å². The molecule has 2 atom stereocenters.